The third-order valence-corrected chi connectivity index (χ3v) is 2.65. The SMILES string of the molecule is [Br][Pt+2][Br].[NH-]C(c1ccccc1)C([NH-])c1ccccc1. The Bertz CT molecular complexity index is 410. The van der Waals surface area contributed by atoms with Crippen molar-refractivity contribution in [1.29, 1.82) is 0 Å². The van der Waals surface area contributed by atoms with E-state index in [1.165, 1.54) is 0 Å². The molecular formula is C14H14Br2N2Pt. The van der Waals surface area contributed by atoms with Crippen molar-refractivity contribution in [2.24, 2.45) is 0 Å². The van der Waals surface area contributed by atoms with Crippen molar-refractivity contribution < 1.29 is 14.5 Å². The number of halogens is 2. The summed E-state index contributed by atoms with van der Waals surface area (Å²) in [6.45, 7) is 0. The molecule has 2 aromatic carbocycles. The standard InChI is InChI=1S/C14H14N2.2BrH.Pt/c15-13(11-7-3-1-4-8-11)14(16)12-9-5-2-6-10-12;;;/h1-10,13-16H;2*1H;/q-2;;;+4/p-2. The van der Waals surface area contributed by atoms with E-state index in [0.29, 0.717) is 0 Å². The number of nitrogens with one attached hydrogen (secondary N) is 2. The van der Waals surface area contributed by atoms with Gasteiger partial charge >= 0.3 is 41.0 Å². The summed E-state index contributed by atoms with van der Waals surface area (Å²) >= 11 is 6.56. The van der Waals surface area contributed by atoms with Gasteiger partial charge in [-0.2, -0.15) is 0 Å². The van der Waals surface area contributed by atoms with E-state index in [1.807, 2.05) is 60.7 Å². The number of hydrogen-bond acceptors (Lipinski definition) is 0. The molecule has 0 spiro atoms. The van der Waals surface area contributed by atoms with Crippen LogP contribution in [0.1, 0.15) is 23.2 Å². The van der Waals surface area contributed by atoms with Gasteiger partial charge in [-0.05, 0) is 0 Å². The Kier molecular flexibility index (Phi) is 8.84. The fraction of sp³-hybridized carbons (Fsp3) is 0.143. The Morgan fingerprint density at radius 1 is 0.684 bits per heavy atom. The maximum atomic E-state index is 8.07. The monoisotopic (exact) mass is 563 g/mol. The topological polar surface area (TPSA) is 47.6 Å². The van der Waals surface area contributed by atoms with Gasteiger partial charge in [-0.25, -0.2) is 0 Å². The van der Waals surface area contributed by atoms with Gasteiger partial charge < -0.3 is 11.5 Å². The van der Waals surface area contributed by atoms with Crippen molar-refractivity contribution in [3.05, 3.63) is 83.3 Å². The zero-order valence-electron chi connectivity index (χ0n) is 10.0. The van der Waals surface area contributed by atoms with Gasteiger partial charge in [0.05, 0.1) is 0 Å². The van der Waals surface area contributed by atoms with E-state index >= 15 is 0 Å². The predicted molar refractivity (Wildman–Crippen MR) is 84.9 cm³/mol. The van der Waals surface area contributed by atoms with Crippen LogP contribution in [0.5, 0.6) is 0 Å². The molecule has 104 valence electrons. The van der Waals surface area contributed by atoms with Gasteiger partial charge in [0.2, 0.25) is 0 Å². The Hall–Kier alpha value is 0.00831. The van der Waals surface area contributed by atoms with Crippen LogP contribution in [0, 0.1) is 0 Å². The average molecular weight is 565 g/mol. The van der Waals surface area contributed by atoms with Crippen LogP contribution in [0.25, 0.3) is 11.5 Å². The van der Waals surface area contributed by atoms with Crippen LogP contribution in [0.4, 0.5) is 0 Å². The van der Waals surface area contributed by atoms with E-state index in [0.717, 1.165) is 11.1 Å². The molecular weight excluding hydrogens is 551 g/mol. The van der Waals surface area contributed by atoms with E-state index in [-0.39, 0.29) is 14.5 Å². The van der Waals surface area contributed by atoms with Gasteiger partial charge in [-0.1, -0.05) is 71.8 Å². The van der Waals surface area contributed by atoms with Crippen molar-refractivity contribution >= 4 is 26.6 Å². The molecule has 0 aliphatic heterocycles. The van der Waals surface area contributed by atoms with Crippen LogP contribution >= 0.6 is 26.6 Å². The van der Waals surface area contributed by atoms with Crippen LogP contribution in [0.2, 0.25) is 0 Å². The van der Waals surface area contributed by atoms with Crippen LogP contribution in [0.15, 0.2) is 60.7 Å². The Morgan fingerprint density at radius 3 is 1.21 bits per heavy atom. The van der Waals surface area contributed by atoms with Crippen LogP contribution < -0.4 is 0 Å². The summed E-state index contributed by atoms with van der Waals surface area (Å²) in [4.78, 5) is 0. The molecule has 2 atom stereocenters. The molecule has 0 amide bonds. The van der Waals surface area contributed by atoms with Gasteiger partial charge in [-0.15, -0.1) is 12.1 Å². The molecule has 2 aromatic rings. The molecule has 5 heteroatoms. The zero-order valence-corrected chi connectivity index (χ0v) is 15.4. The molecule has 0 bridgehead atoms. The van der Waals surface area contributed by atoms with Gasteiger partial charge in [0, 0.05) is 0 Å². The summed E-state index contributed by atoms with van der Waals surface area (Å²) in [5.41, 5.74) is 17.9. The molecule has 2 nitrogen and oxygen atoms in total. The van der Waals surface area contributed by atoms with Gasteiger partial charge in [-0.3, -0.25) is 0 Å². The molecule has 0 radical (unpaired) electrons. The molecule has 0 heterocycles. The summed E-state index contributed by atoms with van der Waals surface area (Å²) in [5.74, 6) is 0. The average Bonchev–Trinajstić information content (AvgIpc) is 2.48. The Morgan fingerprint density at radius 2 is 0.947 bits per heavy atom. The van der Waals surface area contributed by atoms with E-state index < -0.39 is 12.1 Å². The summed E-state index contributed by atoms with van der Waals surface area (Å²) in [5, 5.41) is 0. The molecule has 2 N–H and O–H groups in total. The van der Waals surface area contributed by atoms with E-state index in [2.05, 4.69) is 26.6 Å². The summed E-state index contributed by atoms with van der Waals surface area (Å²) in [6.07, 6.45) is 0. The van der Waals surface area contributed by atoms with Crippen LogP contribution in [0.3, 0.4) is 0 Å². The van der Waals surface area contributed by atoms with E-state index in [9.17, 15) is 0 Å². The third-order valence-electron chi connectivity index (χ3n) is 2.65. The second kappa shape index (κ2) is 9.84. The van der Waals surface area contributed by atoms with Crippen LogP contribution in [-0.2, 0) is 14.5 Å². The Balaban J connectivity index is 0.000000550. The van der Waals surface area contributed by atoms with Crippen molar-refractivity contribution in [3.8, 4) is 0 Å². The molecule has 0 saturated heterocycles. The minimum absolute atomic E-state index is 0.208. The molecule has 0 aliphatic carbocycles. The second-order valence-corrected chi connectivity index (χ2v) is 13.8. The van der Waals surface area contributed by atoms with E-state index in [1.54, 1.807) is 0 Å². The fourth-order valence-corrected chi connectivity index (χ4v) is 1.71. The smallest absolute Gasteiger partial charge is 0.0606 e. The van der Waals surface area contributed by atoms with Crippen LogP contribution in [-0.4, -0.2) is 0 Å². The molecule has 0 aliphatic rings. The van der Waals surface area contributed by atoms with Gasteiger partial charge in [0.15, 0.2) is 0 Å². The largest absolute Gasteiger partial charge is 0.672 e. The number of benzene rings is 2. The number of rotatable bonds is 3. The molecule has 19 heavy (non-hydrogen) atoms. The first-order valence-electron chi connectivity index (χ1n) is 5.55. The Labute approximate surface area is 135 Å². The predicted octanol–water partition coefficient (Wildman–Crippen LogP) is 6.26. The molecule has 2 unspecified atom stereocenters. The maximum Gasteiger partial charge on any atom is -0.0606 e. The first-order valence-corrected chi connectivity index (χ1v) is 15.5. The normalized spacial score (nSPS) is 13.3. The molecule has 0 saturated carbocycles. The zero-order chi connectivity index (χ0) is 14.1. The van der Waals surface area contributed by atoms with Crippen molar-refractivity contribution in [2.75, 3.05) is 0 Å². The van der Waals surface area contributed by atoms with Crippen molar-refractivity contribution in [3.63, 3.8) is 0 Å². The minimum atomic E-state index is -0.524. The first-order chi connectivity index (χ1) is 9.20. The van der Waals surface area contributed by atoms with Crippen molar-refractivity contribution in [2.45, 2.75) is 12.1 Å². The minimum Gasteiger partial charge on any atom is -0.672 e. The first kappa shape index (κ1) is 17.1. The molecule has 2 rings (SSSR count). The molecule has 0 aromatic heterocycles. The quantitative estimate of drug-likeness (QED) is 0.422. The van der Waals surface area contributed by atoms with E-state index in [4.69, 9.17) is 11.5 Å². The second-order valence-electron chi connectivity index (χ2n) is 3.82. The third kappa shape index (κ3) is 5.88. The number of hydrogen-bond donors (Lipinski definition) is 0. The molecule has 0 fully saturated rings. The van der Waals surface area contributed by atoms with Gasteiger partial charge in [0.25, 0.3) is 0 Å². The fourth-order valence-electron chi connectivity index (χ4n) is 1.71. The van der Waals surface area contributed by atoms with Gasteiger partial charge in [0.1, 0.15) is 0 Å². The van der Waals surface area contributed by atoms with Crippen molar-refractivity contribution in [1.82, 2.24) is 0 Å². The summed E-state index contributed by atoms with van der Waals surface area (Å²) < 4.78 is 0. The summed E-state index contributed by atoms with van der Waals surface area (Å²) in [6, 6.07) is 18.1. The summed E-state index contributed by atoms with van der Waals surface area (Å²) in [7, 11) is 0. The maximum absolute atomic E-state index is 8.07.